The van der Waals surface area contributed by atoms with Crippen molar-refractivity contribution in [1.82, 2.24) is 4.72 Å². The lowest BCUT2D eigenvalue weighted by molar-refractivity contribution is 0.0569. The van der Waals surface area contributed by atoms with E-state index in [1.54, 1.807) is 18.2 Å². The number of hydrogen-bond acceptors (Lipinski definition) is 3. The van der Waals surface area contributed by atoms with Crippen LogP contribution in [0, 0.1) is 5.92 Å². The van der Waals surface area contributed by atoms with Crippen molar-refractivity contribution in [3.63, 3.8) is 0 Å². The molecule has 0 unspecified atom stereocenters. The molecule has 1 aliphatic rings. The summed E-state index contributed by atoms with van der Waals surface area (Å²) in [5, 5.41) is 0.720. The van der Waals surface area contributed by atoms with Crippen molar-refractivity contribution in [2.75, 3.05) is 13.2 Å². The van der Waals surface area contributed by atoms with Crippen LogP contribution in [-0.4, -0.2) is 32.9 Å². The molecule has 4 nitrogen and oxygen atoms in total. The van der Waals surface area contributed by atoms with E-state index < -0.39 is 15.3 Å². The van der Waals surface area contributed by atoms with Crippen molar-refractivity contribution < 1.29 is 13.2 Å². The van der Waals surface area contributed by atoms with Gasteiger partial charge >= 0.3 is 0 Å². The molecule has 7 heteroatoms. The first-order valence-corrected chi connectivity index (χ1v) is 9.62. The molecule has 0 bridgehead atoms. The highest BCUT2D eigenvalue weighted by atomic mass is 35.5. The van der Waals surface area contributed by atoms with Gasteiger partial charge in [-0.15, -0.1) is 0 Å². The van der Waals surface area contributed by atoms with Crippen LogP contribution in [0.3, 0.4) is 0 Å². The van der Waals surface area contributed by atoms with Crippen molar-refractivity contribution in [3.8, 4) is 0 Å². The smallest absolute Gasteiger partial charge is 0.215 e. The maximum absolute atomic E-state index is 12.5. The average molecular weight is 366 g/mol. The van der Waals surface area contributed by atoms with E-state index in [1.165, 1.54) is 0 Å². The van der Waals surface area contributed by atoms with E-state index in [9.17, 15) is 8.42 Å². The van der Waals surface area contributed by atoms with E-state index in [4.69, 9.17) is 27.9 Å². The number of rotatable bonds is 5. The van der Waals surface area contributed by atoms with Crippen LogP contribution in [0.25, 0.3) is 0 Å². The highest BCUT2D eigenvalue weighted by Crippen LogP contribution is 2.29. The molecule has 0 saturated carbocycles. The molecule has 1 aliphatic heterocycles. The van der Waals surface area contributed by atoms with Crippen molar-refractivity contribution in [2.45, 2.75) is 38.0 Å². The van der Waals surface area contributed by atoms with Crippen molar-refractivity contribution in [1.29, 1.82) is 0 Å². The molecule has 0 radical (unpaired) electrons. The molecule has 1 aromatic carbocycles. The van der Waals surface area contributed by atoms with Crippen LogP contribution in [-0.2, 0) is 21.2 Å². The van der Waals surface area contributed by atoms with Gasteiger partial charge in [0.25, 0.3) is 0 Å². The molecule has 2 atom stereocenters. The van der Waals surface area contributed by atoms with Gasteiger partial charge in [-0.1, -0.05) is 23.2 Å². The van der Waals surface area contributed by atoms with Gasteiger partial charge in [-0.05, 0) is 50.5 Å². The van der Waals surface area contributed by atoms with Gasteiger partial charge in [0.15, 0.2) is 0 Å². The molecule has 1 N–H and O–H groups in total. The first-order valence-electron chi connectivity index (χ1n) is 7.32. The van der Waals surface area contributed by atoms with Gasteiger partial charge in [-0.2, -0.15) is 0 Å². The second-order valence-corrected chi connectivity index (χ2v) is 8.69. The summed E-state index contributed by atoms with van der Waals surface area (Å²) < 4.78 is 33.2. The Hall–Kier alpha value is -0.330. The largest absolute Gasteiger partial charge is 0.381 e. The predicted molar refractivity (Wildman–Crippen MR) is 90.1 cm³/mol. The highest BCUT2D eigenvalue weighted by molar-refractivity contribution is 7.90. The average Bonchev–Trinajstić information content (AvgIpc) is 2.42. The minimum Gasteiger partial charge on any atom is -0.381 e. The molecule has 124 valence electrons. The summed E-state index contributed by atoms with van der Waals surface area (Å²) in [4.78, 5) is 0. The summed E-state index contributed by atoms with van der Waals surface area (Å²) in [5.41, 5.74) is 0.856. The molecular formula is C15H21Cl2NO3S. The molecule has 0 amide bonds. The summed E-state index contributed by atoms with van der Waals surface area (Å²) in [6.07, 6.45) is 1.02. The summed E-state index contributed by atoms with van der Waals surface area (Å²) in [5.74, 6) is -0.138. The van der Waals surface area contributed by atoms with Crippen molar-refractivity contribution in [2.24, 2.45) is 5.92 Å². The quantitative estimate of drug-likeness (QED) is 0.870. The SMILES string of the molecule is CC(C)NS(=O)(=O)[C@@H]1CCOC[C@@H]1Cc1cc(Cl)ccc1Cl. The molecule has 1 aromatic rings. The third-order valence-corrected chi connectivity index (χ3v) is 6.51. The fourth-order valence-electron chi connectivity index (χ4n) is 2.77. The van der Waals surface area contributed by atoms with E-state index in [0.717, 1.165) is 5.56 Å². The minimum absolute atomic E-state index is 0.122. The molecule has 0 spiro atoms. The van der Waals surface area contributed by atoms with Crippen LogP contribution < -0.4 is 4.72 Å². The van der Waals surface area contributed by atoms with Gasteiger partial charge < -0.3 is 4.74 Å². The maximum atomic E-state index is 12.5. The lowest BCUT2D eigenvalue weighted by Crippen LogP contribution is -2.46. The monoisotopic (exact) mass is 365 g/mol. The van der Waals surface area contributed by atoms with Gasteiger partial charge in [0.1, 0.15) is 0 Å². The second-order valence-electron chi connectivity index (χ2n) is 5.92. The Kier molecular flexibility index (Phi) is 6.14. The first kappa shape index (κ1) is 18.0. The van der Waals surface area contributed by atoms with Crippen LogP contribution in [0.15, 0.2) is 18.2 Å². The first-order chi connectivity index (χ1) is 10.3. The number of sulfonamides is 1. The fourth-order valence-corrected chi connectivity index (χ4v) is 5.08. The lowest BCUT2D eigenvalue weighted by atomic mass is 9.93. The van der Waals surface area contributed by atoms with E-state index in [1.807, 2.05) is 13.8 Å². The van der Waals surface area contributed by atoms with Gasteiger partial charge in [-0.3, -0.25) is 0 Å². The van der Waals surface area contributed by atoms with Gasteiger partial charge in [-0.25, -0.2) is 13.1 Å². The summed E-state index contributed by atoms with van der Waals surface area (Å²) in [6.45, 7) is 4.51. The van der Waals surface area contributed by atoms with E-state index in [-0.39, 0.29) is 12.0 Å². The number of nitrogens with one attached hydrogen (secondary N) is 1. The van der Waals surface area contributed by atoms with Crippen LogP contribution in [0.5, 0.6) is 0 Å². The van der Waals surface area contributed by atoms with Crippen LogP contribution in [0.2, 0.25) is 10.0 Å². The van der Waals surface area contributed by atoms with E-state index in [0.29, 0.717) is 36.1 Å². The molecule has 1 saturated heterocycles. The second kappa shape index (κ2) is 7.49. The Morgan fingerprint density at radius 3 is 2.77 bits per heavy atom. The third kappa shape index (κ3) is 4.59. The molecule has 0 aliphatic carbocycles. The Labute approximate surface area is 142 Å². The number of benzene rings is 1. The standard InChI is InChI=1S/C15H21Cl2NO3S/c1-10(2)18-22(19,20)15-5-6-21-9-12(15)7-11-8-13(16)3-4-14(11)17/h3-4,8,10,12,15,18H,5-7,9H2,1-2H3/t12-,15+/m0/s1. The van der Waals surface area contributed by atoms with Crippen molar-refractivity contribution >= 4 is 33.2 Å². The van der Waals surface area contributed by atoms with Gasteiger partial charge in [0, 0.05) is 28.6 Å². The number of halogens is 2. The van der Waals surface area contributed by atoms with Gasteiger partial charge in [0.2, 0.25) is 10.0 Å². The number of ether oxygens (including phenoxy) is 1. The lowest BCUT2D eigenvalue weighted by Gasteiger charge is -2.32. The zero-order chi connectivity index (χ0) is 16.3. The zero-order valence-corrected chi connectivity index (χ0v) is 15.0. The minimum atomic E-state index is -3.38. The fraction of sp³-hybridized carbons (Fsp3) is 0.600. The Balaban J connectivity index is 2.21. The van der Waals surface area contributed by atoms with Gasteiger partial charge in [0.05, 0.1) is 11.9 Å². The summed E-state index contributed by atoms with van der Waals surface area (Å²) in [6, 6.07) is 5.12. The maximum Gasteiger partial charge on any atom is 0.215 e. The molecular weight excluding hydrogens is 345 g/mol. The van der Waals surface area contributed by atoms with Crippen LogP contribution in [0.4, 0.5) is 0 Å². The molecule has 2 rings (SSSR count). The van der Waals surface area contributed by atoms with Crippen LogP contribution >= 0.6 is 23.2 Å². The zero-order valence-electron chi connectivity index (χ0n) is 12.7. The predicted octanol–water partition coefficient (Wildman–Crippen LogP) is 3.27. The Bertz CT molecular complexity index is 619. The topological polar surface area (TPSA) is 55.4 Å². The third-order valence-electron chi connectivity index (χ3n) is 3.69. The highest BCUT2D eigenvalue weighted by Gasteiger charge is 2.36. The molecule has 1 heterocycles. The van der Waals surface area contributed by atoms with E-state index in [2.05, 4.69) is 4.72 Å². The molecule has 0 aromatic heterocycles. The Morgan fingerprint density at radius 1 is 1.36 bits per heavy atom. The van der Waals surface area contributed by atoms with Crippen molar-refractivity contribution in [3.05, 3.63) is 33.8 Å². The van der Waals surface area contributed by atoms with E-state index >= 15 is 0 Å². The molecule has 22 heavy (non-hydrogen) atoms. The summed E-state index contributed by atoms with van der Waals surface area (Å²) >= 11 is 12.2. The number of hydrogen-bond donors (Lipinski definition) is 1. The molecule has 1 fully saturated rings. The van der Waals surface area contributed by atoms with Crippen LogP contribution in [0.1, 0.15) is 25.8 Å². The normalized spacial score (nSPS) is 23.0. The Morgan fingerprint density at radius 2 is 2.09 bits per heavy atom. The summed E-state index contributed by atoms with van der Waals surface area (Å²) in [7, 11) is -3.38.